The van der Waals surface area contributed by atoms with Crippen LogP contribution in [-0.2, 0) is 6.54 Å². The standard InChI is InChI=1S/C19H25N3O2/c1-21(18-9-7-16(14-23)8-10-18)19(24)17-11-20-22(13-17)12-15-5-3-2-4-6-15/h2-6,11,13,16,18,23H,7-10,12,14H2,1H3. The van der Waals surface area contributed by atoms with Crippen molar-refractivity contribution in [1.29, 1.82) is 0 Å². The molecule has 1 aromatic carbocycles. The third-order valence-corrected chi connectivity index (χ3v) is 5.01. The zero-order valence-corrected chi connectivity index (χ0v) is 14.1. The number of amides is 1. The number of carbonyl (C=O) groups excluding carboxylic acids is 1. The molecular weight excluding hydrogens is 302 g/mol. The highest BCUT2D eigenvalue weighted by molar-refractivity contribution is 5.93. The van der Waals surface area contributed by atoms with Gasteiger partial charge in [-0.25, -0.2) is 0 Å². The number of aliphatic hydroxyl groups excluding tert-OH is 1. The zero-order chi connectivity index (χ0) is 16.9. The number of carbonyl (C=O) groups is 1. The molecule has 1 aliphatic rings. The molecule has 0 spiro atoms. The highest BCUT2D eigenvalue weighted by Crippen LogP contribution is 2.27. The van der Waals surface area contributed by atoms with Gasteiger partial charge in [-0.05, 0) is 37.2 Å². The van der Waals surface area contributed by atoms with E-state index < -0.39 is 0 Å². The van der Waals surface area contributed by atoms with Crippen molar-refractivity contribution in [1.82, 2.24) is 14.7 Å². The smallest absolute Gasteiger partial charge is 0.257 e. The van der Waals surface area contributed by atoms with Crippen molar-refractivity contribution in [3.8, 4) is 0 Å². The Morgan fingerprint density at radius 1 is 1.25 bits per heavy atom. The number of aromatic nitrogens is 2. The largest absolute Gasteiger partial charge is 0.396 e. The maximum atomic E-state index is 12.7. The molecule has 5 heteroatoms. The Morgan fingerprint density at radius 2 is 1.96 bits per heavy atom. The maximum absolute atomic E-state index is 12.7. The van der Waals surface area contributed by atoms with Gasteiger partial charge >= 0.3 is 0 Å². The van der Waals surface area contributed by atoms with E-state index in [1.807, 2.05) is 36.3 Å². The van der Waals surface area contributed by atoms with Gasteiger partial charge in [-0.15, -0.1) is 0 Å². The molecule has 1 saturated carbocycles. The van der Waals surface area contributed by atoms with E-state index in [0.29, 0.717) is 18.0 Å². The summed E-state index contributed by atoms with van der Waals surface area (Å²) in [6.45, 7) is 0.927. The maximum Gasteiger partial charge on any atom is 0.257 e. The van der Waals surface area contributed by atoms with Gasteiger partial charge in [-0.3, -0.25) is 9.48 Å². The second-order valence-electron chi connectivity index (χ2n) is 6.69. The number of hydrogen-bond donors (Lipinski definition) is 1. The first-order valence-corrected chi connectivity index (χ1v) is 8.61. The van der Waals surface area contributed by atoms with Crippen molar-refractivity contribution >= 4 is 5.91 Å². The van der Waals surface area contributed by atoms with Crippen LogP contribution in [0.4, 0.5) is 0 Å². The van der Waals surface area contributed by atoms with E-state index in [-0.39, 0.29) is 18.6 Å². The fourth-order valence-corrected chi connectivity index (χ4v) is 3.42. The molecule has 1 amide bonds. The Bertz CT molecular complexity index is 660. The number of aliphatic hydroxyl groups is 1. The molecule has 1 N–H and O–H groups in total. The SMILES string of the molecule is CN(C(=O)c1cnn(Cc2ccccc2)c1)C1CCC(CO)CC1. The minimum Gasteiger partial charge on any atom is -0.396 e. The van der Waals surface area contributed by atoms with Gasteiger partial charge < -0.3 is 10.0 Å². The fourth-order valence-electron chi connectivity index (χ4n) is 3.42. The molecule has 0 unspecified atom stereocenters. The second-order valence-corrected chi connectivity index (χ2v) is 6.69. The summed E-state index contributed by atoms with van der Waals surface area (Å²) >= 11 is 0. The summed E-state index contributed by atoms with van der Waals surface area (Å²) in [6.07, 6.45) is 7.39. The predicted molar refractivity (Wildman–Crippen MR) is 92.7 cm³/mol. The Labute approximate surface area is 142 Å². The molecule has 24 heavy (non-hydrogen) atoms. The van der Waals surface area contributed by atoms with Crippen LogP contribution in [0.3, 0.4) is 0 Å². The third-order valence-electron chi connectivity index (χ3n) is 5.01. The summed E-state index contributed by atoms with van der Waals surface area (Å²) in [5.41, 5.74) is 1.80. The van der Waals surface area contributed by atoms with Gasteiger partial charge in [0, 0.05) is 25.9 Å². The summed E-state index contributed by atoms with van der Waals surface area (Å²) in [5, 5.41) is 13.6. The minimum absolute atomic E-state index is 0.0294. The highest BCUT2D eigenvalue weighted by atomic mass is 16.3. The Hall–Kier alpha value is -2.14. The molecule has 0 radical (unpaired) electrons. The monoisotopic (exact) mass is 327 g/mol. The molecule has 0 bridgehead atoms. The van der Waals surface area contributed by atoms with E-state index in [9.17, 15) is 9.90 Å². The van der Waals surface area contributed by atoms with Gasteiger partial charge in [0.05, 0.1) is 18.3 Å². The van der Waals surface area contributed by atoms with E-state index in [1.54, 1.807) is 10.9 Å². The summed E-state index contributed by atoms with van der Waals surface area (Å²) in [6, 6.07) is 10.4. The van der Waals surface area contributed by atoms with E-state index >= 15 is 0 Å². The molecule has 0 aliphatic heterocycles. The highest BCUT2D eigenvalue weighted by Gasteiger charge is 2.27. The molecule has 1 aromatic heterocycles. The Morgan fingerprint density at radius 3 is 2.62 bits per heavy atom. The average molecular weight is 327 g/mol. The summed E-state index contributed by atoms with van der Waals surface area (Å²) < 4.78 is 1.80. The van der Waals surface area contributed by atoms with Crippen LogP contribution in [0.5, 0.6) is 0 Å². The Kier molecular flexibility index (Phi) is 5.30. The van der Waals surface area contributed by atoms with Crippen LogP contribution in [0.25, 0.3) is 0 Å². The first-order valence-electron chi connectivity index (χ1n) is 8.61. The van der Waals surface area contributed by atoms with Crippen molar-refractivity contribution in [2.75, 3.05) is 13.7 Å². The van der Waals surface area contributed by atoms with E-state index in [2.05, 4.69) is 17.2 Å². The van der Waals surface area contributed by atoms with Gasteiger partial charge in [0.25, 0.3) is 5.91 Å². The van der Waals surface area contributed by atoms with Crippen LogP contribution in [0, 0.1) is 5.92 Å². The zero-order valence-electron chi connectivity index (χ0n) is 14.1. The second kappa shape index (κ2) is 7.62. The van der Waals surface area contributed by atoms with E-state index in [1.165, 1.54) is 0 Å². The molecule has 1 heterocycles. The molecule has 0 saturated heterocycles. The first kappa shape index (κ1) is 16.7. The van der Waals surface area contributed by atoms with Gasteiger partial charge in [-0.1, -0.05) is 30.3 Å². The van der Waals surface area contributed by atoms with Crippen LogP contribution in [0.2, 0.25) is 0 Å². The molecule has 0 atom stereocenters. The van der Waals surface area contributed by atoms with Gasteiger partial charge in [0.15, 0.2) is 0 Å². The van der Waals surface area contributed by atoms with Gasteiger partial charge in [-0.2, -0.15) is 5.10 Å². The molecular formula is C19H25N3O2. The lowest BCUT2D eigenvalue weighted by molar-refractivity contribution is 0.0652. The lowest BCUT2D eigenvalue weighted by Gasteiger charge is -2.34. The van der Waals surface area contributed by atoms with Crippen molar-refractivity contribution in [3.05, 3.63) is 53.9 Å². The normalized spacial score (nSPS) is 20.8. The average Bonchev–Trinajstić information content (AvgIpc) is 3.10. The lowest BCUT2D eigenvalue weighted by atomic mass is 9.86. The third kappa shape index (κ3) is 3.85. The van der Waals surface area contributed by atoms with Crippen molar-refractivity contribution in [3.63, 3.8) is 0 Å². The molecule has 1 aliphatic carbocycles. The van der Waals surface area contributed by atoms with Crippen molar-refractivity contribution in [2.45, 2.75) is 38.3 Å². The van der Waals surface area contributed by atoms with Crippen molar-refractivity contribution < 1.29 is 9.90 Å². The number of nitrogens with zero attached hydrogens (tertiary/aromatic N) is 3. The van der Waals surface area contributed by atoms with Crippen LogP contribution in [-0.4, -0.2) is 45.4 Å². The Balaban J connectivity index is 1.61. The van der Waals surface area contributed by atoms with E-state index in [4.69, 9.17) is 0 Å². The number of hydrogen-bond acceptors (Lipinski definition) is 3. The first-order chi connectivity index (χ1) is 11.7. The predicted octanol–water partition coefficient (Wildman–Crippen LogP) is 2.55. The molecule has 1 fully saturated rings. The fraction of sp³-hybridized carbons (Fsp3) is 0.474. The van der Waals surface area contributed by atoms with Crippen LogP contribution in [0.1, 0.15) is 41.6 Å². The number of benzene rings is 1. The molecule has 3 rings (SSSR count). The van der Waals surface area contributed by atoms with Gasteiger partial charge in [0.2, 0.25) is 0 Å². The van der Waals surface area contributed by atoms with Crippen LogP contribution >= 0.6 is 0 Å². The van der Waals surface area contributed by atoms with Crippen LogP contribution in [0.15, 0.2) is 42.7 Å². The number of rotatable bonds is 5. The quantitative estimate of drug-likeness (QED) is 0.918. The lowest BCUT2D eigenvalue weighted by Crippen LogP contribution is -2.39. The summed E-state index contributed by atoms with van der Waals surface area (Å²) in [4.78, 5) is 14.5. The van der Waals surface area contributed by atoms with Gasteiger partial charge in [0.1, 0.15) is 0 Å². The molecule has 128 valence electrons. The minimum atomic E-state index is 0.0294. The topological polar surface area (TPSA) is 58.4 Å². The molecule has 5 nitrogen and oxygen atoms in total. The van der Waals surface area contributed by atoms with Crippen molar-refractivity contribution in [2.24, 2.45) is 5.92 Å². The summed E-state index contributed by atoms with van der Waals surface area (Å²) in [5.74, 6) is 0.431. The van der Waals surface area contributed by atoms with Crippen LogP contribution < -0.4 is 0 Å². The summed E-state index contributed by atoms with van der Waals surface area (Å²) in [7, 11) is 1.88. The molecule has 2 aromatic rings. The van der Waals surface area contributed by atoms with E-state index in [0.717, 1.165) is 31.2 Å².